The number of hydrogen-bond donors (Lipinski definition) is 2. The van der Waals surface area contributed by atoms with Crippen LogP contribution in [0.5, 0.6) is 0 Å². The van der Waals surface area contributed by atoms with E-state index >= 15 is 0 Å². The Hall–Kier alpha value is -1.88. The standard InChI is InChI=1S/C18H24N2O3/c21-12-13-3-7-15(8-4-13)19-18(23)14-5-9-16(10-6-14)20-11-1-2-17(20)22/h5-6,9-10,13,15,21H,1-4,7-8,11-12H2,(H,19,23). The second-order valence-electron chi connectivity index (χ2n) is 6.57. The lowest BCUT2D eigenvalue weighted by atomic mass is 9.86. The maximum absolute atomic E-state index is 12.3. The maximum atomic E-state index is 12.3. The topological polar surface area (TPSA) is 69.6 Å². The van der Waals surface area contributed by atoms with Gasteiger partial charge in [-0.15, -0.1) is 0 Å². The number of amides is 2. The van der Waals surface area contributed by atoms with Crippen LogP contribution in [0.1, 0.15) is 48.9 Å². The van der Waals surface area contributed by atoms with E-state index in [0.29, 0.717) is 17.9 Å². The molecule has 23 heavy (non-hydrogen) atoms. The lowest BCUT2D eigenvalue weighted by Crippen LogP contribution is -2.38. The highest BCUT2D eigenvalue weighted by Gasteiger charge is 2.23. The number of nitrogens with zero attached hydrogens (tertiary/aromatic N) is 1. The second-order valence-corrected chi connectivity index (χ2v) is 6.57. The van der Waals surface area contributed by atoms with Gasteiger partial charge in [0.25, 0.3) is 5.91 Å². The first-order valence-electron chi connectivity index (χ1n) is 8.49. The van der Waals surface area contributed by atoms with Crippen LogP contribution < -0.4 is 10.2 Å². The van der Waals surface area contributed by atoms with Crippen LogP contribution in [0.25, 0.3) is 0 Å². The van der Waals surface area contributed by atoms with Gasteiger partial charge in [0.1, 0.15) is 0 Å². The summed E-state index contributed by atoms with van der Waals surface area (Å²) in [6.07, 6.45) is 5.31. The van der Waals surface area contributed by atoms with Gasteiger partial charge in [-0.2, -0.15) is 0 Å². The molecule has 5 nitrogen and oxygen atoms in total. The molecule has 2 aliphatic rings. The molecular formula is C18H24N2O3. The molecule has 3 rings (SSSR count). The Morgan fingerprint density at radius 3 is 2.43 bits per heavy atom. The zero-order valence-electron chi connectivity index (χ0n) is 13.3. The normalized spacial score (nSPS) is 24.7. The second kappa shape index (κ2) is 7.13. The first kappa shape index (κ1) is 16.0. The van der Waals surface area contributed by atoms with Crippen LogP contribution in [-0.2, 0) is 4.79 Å². The lowest BCUT2D eigenvalue weighted by molar-refractivity contribution is -0.117. The van der Waals surface area contributed by atoms with Crippen molar-refractivity contribution in [3.63, 3.8) is 0 Å². The molecule has 1 saturated heterocycles. The van der Waals surface area contributed by atoms with E-state index < -0.39 is 0 Å². The zero-order valence-corrected chi connectivity index (χ0v) is 13.3. The predicted octanol–water partition coefficient (Wildman–Crippen LogP) is 2.09. The monoisotopic (exact) mass is 316 g/mol. The smallest absolute Gasteiger partial charge is 0.251 e. The summed E-state index contributed by atoms with van der Waals surface area (Å²) in [5.41, 5.74) is 1.50. The van der Waals surface area contributed by atoms with E-state index in [2.05, 4.69) is 5.32 Å². The van der Waals surface area contributed by atoms with Gasteiger partial charge in [0.2, 0.25) is 5.91 Å². The Labute approximate surface area is 136 Å². The van der Waals surface area contributed by atoms with E-state index in [-0.39, 0.29) is 24.5 Å². The Balaban J connectivity index is 1.56. The molecule has 0 atom stereocenters. The van der Waals surface area contributed by atoms with Crippen LogP contribution in [-0.4, -0.2) is 36.1 Å². The van der Waals surface area contributed by atoms with Crippen LogP contribution in [0.3, 0.4) is 0 Å². The van der Waals surface area contributed by atoms with Crippen molar-refractivity contribution >= 4 is 17.5 Å². The summed E-state index contributed by atoms with van der Waals surface area (Å²) >= 11 is 0. The number of benzene rings is 1. The van der Waals surface area contributed by atoms with Crippen molar-refractivity contribution in [2.75, 3.05) is 18.1 Å². The Bertz CT molecular complexity index is 562. The maximum Gasteiger partial charge on any atom is 0.251 e. The molecule has 1 aromatic carbocycles. The van der Waals surface area contributed by atoms with Gasteiger partial charge in [-0.1, -0.05) is 0 Å². The number of carbonyl (C=O) groups is 2. The van der Waals surface area contributed by atoms with E-state index in [1.807, 2.05) is 12.1 Å². The fourth-order valence-electron chi connectivity index (χ4n) is 3.47. The molecule has 0 unspecified atom stereocenters. The highest BCUT2D eigenvalue weighted by atomic mass is 16.3. The molecule has 1 heterocycles. The van der Waals surface area contributed by atoms with E-state index in [1.165, 1.54) is 0 Å². The van der Waals surface area contributed by atoms with Crippen LogP contribution >= 0.6 is 0 Å². The molecule has 2 N–H and O–H groups in total. The average Bonchev–Trinajstić information content (AvgIpc) is 3.02. The number of nitrogens with one attached hydrogen (secondary N) is 1. The van der Waals surface area contributed by atoms with Crippen molar-refractivity contribution in [1.82, 2.24) is 5.32 Å². The summed E-state index contributed by atoms with van der Waals surface area (Å²) in [7, 11) is 0. The van der Waals surface area contributed by atoms with E-state index in [4.69, 9.17) is 5.11 Å². The largest absolute Gasteiger partial charge is 0.396 e. The number of hydrogen-bond acceptors (Lipinski definition) is 3. The van der Waals surface area contributed by atoms with Gasteiger partial charge >= 0.3 is 0 Å². The van der Waals surface area contributed by atoms with Crippen molar-refractivity contribution in [2.24, 2.45) is 5.92 Å². The Kier molecular flexibility index (Phi) is 4.96. The Morgan fingerprint density at radius 1 is 1.17 bits per heavy atom. The summed E-state index contributed by atoms with van der Waals surface area (Å²) in [5.74, 6) is 0.486. The number of rotatable bonds is 4. The van der Waals surface area contributed by atoms with Gasteiger partial charge in [-0.05, 0) is 62.3 Å². The van der Waals surface area contributed by atoms with E-state index in [1.54, 1.807) is 17.0 Å². The molecule has 0 bridgehead atoms. The molecule has 5 heteroatoms. The third kappa shape index (κ3) is 3.72. The highest BCUT2D eigenvalue weighted by molar-refractivity contribution is 5.97. The number of anilines is 1. The van der Waals surface area contributed by atoms with E-state index in [0.717, 1.165) is 44.3 Å². The summed E-state index contributed by atoms with van der Waals surface area (Å²) in [6, 6.07) is 7.47. The van der Waals surface area contributed by atoms with Gasteiger partial charge in [-0.3, -0.25) is 9.59 Å². The molecule has 1 aromatic rings. The van der Waals surface area contributed by atoms with Gasteiger partial charge in [0, 0.05) is 36.9 Å². The van der Waals surface area contributed by atoms with Gasteiger partial charge < -0.3 is 15.3 Å². The third-order valence-corrected chi connectivity index (χ3v) is 4.95. The van der Waals surface area contributed by atoms with Crippen LogP contribution in [0.15, 0.2) is 24.3 Å². The fraction of sp³-hybridized carbons (Fsp3) is 0.556. The quantitative estimate of drug-likeness (QED) is 0.893. The molecule has 1 saturated carbocycles. The first-order chi connectivity index (χ1) is 11.2. The highest BCUT2D eigenvalue weighted by Crippen LogP contribution is 2.24. The van der Waals surface area contributed by atoms with Crippen LogP contribution in [0, 0.1) is 5.92 Å². The zero-order chi connectivity index (χ0) is 16.2. The summed E-state index contributed by atoms with van der Waals surface area (Å²) in [6.45, 7) is 1.01. The lowest BCUT2D eigenvalue weighted by Gasteiger charge is -2.28. The summed E-state index contributed by atoms with van der Waals surface area (Å²) in [4.78, 5) is 25.8. The molecule has 124 valence electrons. The van der Waals surface area contributed by atoms with Crippen LogP contribution in [0.2, 0.25) is 0 Å². The van der Waals surface area contributed by atoms with Gasteiger partial charge in [0.15, 0.2) is 0 Å². The molecule has 2 amide bonds. The fourth-order valence-corrected chi connectivity index (χ4v) is 3.47. The minimum atomic E-state index is -0.0586. The van der Waals surface area contributed by atoms with Crippen LogP contribution in [0.4, 0.5) is 5.69 Å². The number of aliphatic hydroxyl groups excluding tert-OH is 1. The van der Waals surface area contributed by atoms with Crippen molar-refractivity contribution in [1.29, 1.82) is 0 Å². The van der Waals surface area contributed by atoms with E-state index in [9.17, 15) is 9.59 Å². The van der Waals surface area contributed by atoms with Gasteiger partial charge in [0.05, 0.1) is 0 Å². The molecule has 0 radical (unpaired) electrons. The average molecular weight is 316 g/mol. The predicted molar refractivity (Wildman–Crippen MR) is 88.3 cm³/mol. The number of aliphatic hydroxyl groups is 1. The van der Waals surface area contributed by atoms with Crippen molar-refractivity contribution < 1.29 is 14.7 Å². The summed E-state index contributed by atoms with van der Waals surface area (Å²) in [5, 5.41) is 12.2. The minimum absolute atomic E-state index is 0.0586. The SMILES string of the molecule is O=C(NC1CCC(CO)CC1)c1ccc(N2CCCC2=O)cc1. The molecular weight excluding hydrogens is 292 g/mol. The van der Waals surface area contributed by atoms with Crippen molar-refractivity contribution in [2.45, 2.75) is 44.6 Å². The molecule has 2 fully saturated rings. The number of carbonyl (C=O) groups excluding carboxylic acids is 2. The molecule has 1 aliphatic carbocycles. The van der Waals surface area contributed by atoms with Crippen molar-refractivity contribution in [3.8, 4) is 0 Å². The minimum Gasteiger partial charge on any atom is -0.396 e. The first-order valence-corrected chi connectivity index (χ1v) is 8.49. The van der Waals surface area contributed by atoms with Crippen molar-refractivity contribution in [3.05, 3.63) is 29.8 Å². The molecule has 0 aromatic heterocycles. The summed E-state index contributed by atoms with van der Waals surface area (Å²) < 4.78 is 0. The Morgan fingerprint density at radius 2 is 1.87 bits per heavy atom. The van der Waals surface area contributed by atoms with Gasteiger partial charge in [-0.25, -0.2) is 0 Å². The third-order valence-electron chi connectivity index (χ3n) is 4.95. The molecule has 1 aliphatic heterocycles. The molecule has 0 spiro atoms.